The third-order valence-electron chi connectivity index (χ3n) is 2.44. The number of esters is 2. The van der Waals surface area contributed by atoms with E-state index in [9.17, 15) is 23.6 Å². The number of halogens is 2. The number of carbonyl (C=O) groups is 2. The largest absolute Gasteiger partial charge is 0.691 e. The summed E-state index contributed by atoms with van der Waals surface area (Å²) in [7, 11) is 0. The van der Waals surface area contributed by atoms with Crippen molar-refractivity contribution in [3.63, 3.8) is 0 Å². The van der Waals surface area contributed by atoms with Crippen LogP contribution < -0.4 is 5.26 Å². The predicted molar refractivity (Wildman–Crippen MR) is 71.4 cm³/mol. The van der Waals surface area contributed by atoms with E-state index in [1.807, 2.05) is 30.3 Å². The van der Waals surface area contributed by atoms with Crippen molar-refractivity contribution in [2.24, 2.45) is 0 Å². The SMILES string of the molecule is O=C(COC(=O)C(F)(F)SOO[O-])OCCCc1ccccc1. The van der Waals surface area contributed by atoms with Crippen LogP contribution in [0.3, 0.4) is 0 Å². The molecular weight excluding hydrogens is 338 g/mol. The lowest BCUT2D eigenvalue weighted by Gasteiger charge is -2.13. The fourth-order valence-electron chi connectivity index (χ4n) is 1.45. The van der Waals surface area contributed by atoms with Crippen molar-refractivity contribution in [2.45, 2.75) is 18.1 Å². The highest BCUT2D eigenvalue weighted by atomic mass is 32.2. The zero-order valence-corrected chi connectivity index (χ0v) is 12.6. The first-order valence-electron chi connectivity index (χ1n) is 6.34. The smallest absolute Gasteiger partial charge is 0.415 e. The fourth-order valence-corrected chi connectivity index (χ4v) is 1.69. The predicted octanol–water partition coefficient (Wildman–Crippen LogP) is 1.17. The standard InChI is InChI=1S/C13H14F2O7S/c14-13(15,23-22-21-18)12(17)20-9-11(16)19-8-4-7-10-5-2-1-3-6-10/h1-3,5-6,18H,4,7-9H2/p-1. The van der Waals surface area contributed by atoms with Gasteiger partial charge in [-0.1, -0.05) is 30.3 Å². The van der Waals surface area contributed by atoms with Crippen LogP contribution in [0.1, 0.15) is 12.0 Å². The number of carbonyl (C=O) groups excluding carboxylic acids is 2. The van der Waals surface area contributed by atoms with Gasteiger partial charge in [-0.2, -0.15) is 13.1 Å². The molecule has 0 heterocycles. The van der Waals surface area contributed by atoms with Gasteiger partial charge in [-0.05, 0) is 18.4 Å². The summed E-state index contributed by atoms with van der Waals surface area (Å²) < 4.78 is 38.0. The monoisotopic (exact) mass is 351 g/mol. The van der Waals surface area contributed by atoms with Gasteiger partial charge in [0.05, 0.1) is 6.61 Å². The molecule has 0 amide bonds. The molecule has 0 radical (unpaired) electrons. The van der Waals surface area contributed by atoms with Crippen molar-refractivity contribution in [1.29, 1.82) is 0 Å². The van der Waals surface area contributed by atoms with Gasteiger partial charge in [-0.3, -0.25) is 5.04 Å². The van der Waals surface area contributed by atoms with E-state index in [1.54, 1.807) is 0 Å². The van der Waals surface area contributed by atoms with E-state index in [0.717, 1.165) is 5.56 Å². The normalized spacial score (nSPS) is 11.1. The number of aryl methyl sites for hydroxylation is 1. The van der Waals surface area contributed by atoms with E-state index in [1.165, 1.54) is 0 Å². The minimum Gasteiger partial charge on any atom is -0.691 e. The van der Waals surface area contributed by atoms with Gasteiger partial charge in [0.2, 0.25) is 0 Å². The lowest BCUT2D eigenvalue weighted by Crippen LogP contribution is -2.30. The third-order valence-corrected chi connectivity index (χ3v) is 2.94. The van der Waals surface area contributed by atoms with Crippen molar-refractivity contribution < 1.29 is 42.5 Å². The van der Waals surface area contributed by atoms with Gasteiger partial charge < -0.3 is 14.7 Å². The zero-order valence-electron chi connectivity index (χ0n) is 11.7. The van der Waals surface area contributed by atoms with Gasteiger partial charge in [-0.15, -0.1) is 0 Å². The molecule has 0 saturated carbocycles. The molecular formula is C13H13F2O7S-. The number of alkyl halides is 2. The van der Waals surface area contributed by atoms with E-state index in [4.69, 9.17) is 4.74 Å². The molecule has 0 unspecified atom stereocenters. The second-order valence-electron chi connectivity index (χ2n) is 4.12. The number of hydrogen-bond donors (Lipinski definition) is 0. The maximum atomic E-state index is 12.9. The summed E-state index contributed by atoms with van der Waals surface area (Å²) in [4.78, 5) is 22.2. The minimum atomic E-state index is -4.18. The van der Waals surface area contributed by atoms with E-state index in [0.29, 0.717) is 12.8 Å². The van der Waals surface area contributed by atoms with Gasteiger partial charge in [0.15, 0.2) is 6.61 Å². The number of rotatable bonds is 10. The van der Waals surface area contributed by atoms with Crippen LogP contribution in [0.4, 0.5) is 8.78 Å². The van der Waals surface area contributed by atoms with Crippen molar-refractivity contribution in [1.82, 2.24) is 0 Å². The molecule has 0 fully saturated rings. The molecule has 0 spiro atoms. The van der Waals surface area contributed by atoms with Crippen molar-refractivity contribution in [3.8, 4) is 0 Å². The van der Waals surface area contributed by atoms with Gasteiger partial charge >= 0.3 is 17.2 Å². The highest BCUT2D eigenvalue weighted by molar-refractivity contribution is 7.96. The molecule has 10 heteroatoms. The maximum absolute atomic E-state index is 12.9. The van der Waals surface area contributed by atoms with E-state index in [2.05, 4.69) is 14.1 Å². The summed E-state index contributed by atoms with van der Waals surface area (Å²) in [5.41, 5.74) is 1.06. The molecule has 0 aromatic heterocycles. The van der Waals surface area contributed by atoms with Crippen LogP contribution in [0.15, 0.2) is 30.3 Å². The Bertz CT molecular complexity index is 498. The topological polar surface area (TPSA) is 94.1 Å². The number of benzene rings is 1. The van der Waals surface area contributed by atoms with Crippen molar-refractivity contribution >= 4 is 24.0 Å². The van der Waals surface area contributed by atoms with Crippen molar-refractivity contribution in [3.05, 3.63) is 35.9 Å². The Morgan fingerprint density at radius 3 is 2.52 bits per heavy atom. The minimum absolute atomic E-state index is 0.0591. The van der Waals surface area contributed by atoms with Crippen molar-refractivity contribution in [2.75, 3.05) is 13.2 Å². The number of hydrogen-bond acceptors (Lipinski definition) is 8. The summed E-state index contributed by atoms with van der Waals surface area (Å²) in [6.45, 7) is -0.915. The second-order valence-corrected chi connectivity index (χ2v) is 4.94. The Hall–Kier alpha value is -1.75. The van der Waals surface area contributed by atoms with Crippen LogP contribution in [-0.4, -0.2) is 30.4 Å². The van der Waals surface area contributed by atoms with Gasteiger partial charge in [0.1, 0.15) is 12.0 Å². The second kappa shape index (κ2) is 10.1. The Morgan fingerprint density at radius 1 is 1.17 bits per heavy atom. The molecule has 0 N–H and O–H groups in total. The third kappa shape index (κ3) is 7.88. The van der Waals surface area contributed by atoms with Gasteiger partial charge in [-0.25, -0.2) is 9.59 Å². The Kier molecular flexibility index (Phi) is 8.48. The molecule has 1 aromatic rings. The average molecular weight is 351 g/mol. The average Bonchev–Trinajstić information content (AvgIpc) is 2.55. The summed E-state index contributed by atoms with van der Waals surface area (Å²) in [6, 6.07) is 9.45. The summed E-state index contributed by atoms with van der Waals surface area (Å²) in [6.07, 6.45) is 1.21. The first-order chi connectivity index (χ1) is 11.0. The van der Waals surface area contributed by atoms with E-state index >= 15 is 0 Å². The van der Waals surface area contributed by atoms with Crippen LogP contribution in [-0.2, 0) is 34.9 Å². The molecule has 0 aliphatic carbocycles. The molecule has 23 heavy (non-hydrogen) atoms. The van der Waals surface area contributed by atoms with Gasteiger partial charge in [0.25, 0.3) is 0 Å². The van der Waals surface area contributed by atoms with E-state index in [-0.39, 0.29) is 6.61 Å². The van der Waals surface area contributed by atoms with Crippen LogP contribution in [0.25, 0.3) is 0 Å². The molecule has 0 aliphatic heterocycles. The Morgan fingerprint density at radius 2 is 1.87 bits per heavy atom. The molecule has 1 aromatic carbocycles. The Labute approximate surface area is 134 Å². The molecule has 7 nitrogen and oxygen atoms in total. The molecule has 0 saturated heterocycles. The van der Waals surface area contributed by atoms with Crippen LogP contribution in [0.2, 0.25) is 0 Å². The first-order valence-corrected chi connectivity index (χ1v) is 7.09. The molecule has 0 atom stereocenters. The van der Waals surface area contributed by atoms with Crippen LogP contribution in [0, 0.1) is 0 Å². The molecule has 1 rings (SSSR count). The van der Waals surface area contributed by atoms with E-state index < -0.39 is 35.8 Å². The maximum Gasteiger partial charge on any atom is 0.415 e. The summed E-state index contributed by atoms with van der Waals surface area (Å²) >= 11 is -0.837. The highest BCUT2D eigenvalue weighted by Gasteiger charge is 2.44. The first kappa shape index (κ1) is 19.3. The van der Waals surface area contributed by atoms with Gasteiger partial charge in [0, 0.05) is 0 Å². The Balaban J connectivity index is 2.17. The zero-order chi connectivity index (χ0) is 17.1. The van der Waals surface area contributed by atoms with Crippen LogP contribution in [0.5, 0.6) is 0 Å². The lowest BCUT2D eigenvalue weighted by atomic mass is 10.1. The molecule has 0 aliphatic rings. The molecule has 128 valence electrons. The molecule has 0 bridgehead atoms. The quantitative estimate of drug-likeness (QED) is 0.204. The highest BCUT2D eigenvalue weighted by Crippen LogP contribution is 2.30. The fraction of sp³-hybridized carbons (Fsp3) is 0.385. The van der Waals surface area contributed by atoms with Crippen LogP contribution >= 0.6 is 12.0 Å². The number of ether oxygens (including phenoxy) is 2. The lowest BCUT2D eigenvalue weighted by molar-refractivity contribution is -0.777. The summed E-state index contributed by atoms with van der Waals surface area (Å²) in [5, 5.41) is 7.92. The summed E-state index contributed by atoms with van der Waals surface area (Å²) in [5.74, 6) is -3.02.